The fraction of sp³-hybridized carbons (Fsp3) is 0. The maximum Gasteiger partial charge on any atom is 0.263 e. The van der Waals surface area contributed by atoms with Crippen molar-refractivity contribution in [1.29, 1.82) is 0 Å². The first-order valence-electron chi connectivity index (χ1n) is 4.06. The molecule has 0 spiro atoms. The van der Waals surface area contributed by atoms with Crippen molar-refractivity contribution in [1.82, 2.24) is 4.72 Å². The highest BCUT2D eigenvalue weighted by molar-refractivity contribution is 7.89. The van der Waals surface area contributed by atoms with E-state index >= 15 is 0 Å². The summed E-state index contributed by atoms with van der Waals surface area (Å²) >= 11 is 5.76. The highest BCUT2D eigenvalue weighted by Gasteiger charge is 2.16. The van der Waals surface area contributed by atoms with E-state index in [4.69, 9.17) is 11.6 Å². The van der Waals surface area contributed by atoms with Gasteiger partial charge >= 0.3 is 0 Å². The van der Waals surface area contributed by atoms with Crippen LogP contribution in [0.15, 0.2) is 54.1 Å². The second-order valence-electron chi connectivity index (χ2n) is 2.77. The maximum atomic E-state index is 11.7. The van der Waals surface area contributed by atoms with Gasteiger partial charge in [-0.2, -0.15) is 0 Å². The van der Waals surface area contributed by atoms with Crippen LogP contribution < -0.4 is 4.72 Å². The molecule has 1 rings (SSSR count). The molecule has 0 fully saturated rings. The molecule has 80 valence electrons. The van der Waals surface area contributed by atoms with Crippen LogP contribution in [0.4, 0.5) is 0 Å². The van der Waals surface area contributed by atoms with E-state index in [2.05, 4.69) is 17.9 Å². The molecule has 5 heteroatoms. The number of nitrogens with one attached hydrogen (secondary N) is 1. The zero-order chi connectivity index (χ0) is 11.5. The molecule has 1 N–H and O–H groups in total. The highest BCUT2D eigenvalue weighted by Crippen LogP contribution is 2.20. The largest absolute Gasteiger partial charge is 0.280 e. The van der Waals surface area contributed by atoms with Crippen LogP contribution in [0.25, 0.3) is 0 Å². The number of hydrogen-bond donors (Lipinski definition) is 1. The Morgan fingerprint density at radius 1 is 1.40 bits per heavy atom. The van der Waals surface area contributed by atoms with Crippen LogP contribution >= 0.6 is 11.6 Å². The summed E-state index contributed by atoms with van der Waals surface area (Å²) in [6.07, 6.45) is 1.31. The third-order valence-corrected chi connectivity index (χ3v) is 3.55. The molecule has 3 nitrogen and oxygen atoms in total. The van der Waals surface area contributed by atoms with Crippen LogP contribution in [0.5, 0.6) is 0 Å². The summed E-state index contributed by atoms with van der Waals surface area (Å²) in [7, 11) is -3.66. The van der Waals surface area contributed by atoms with Crippen LogP contribution in [0, 0.1) is 0 Å². The zero-order valence-corrected chi connectivity index (χ0v) is 9.48. The molecule has 0 heterocycles. The van der Waals surface area contributed by atoms with E-state index < -0.39 is 10.0 Å². The van der Waals surface area contributed by atoms with Crippen molar-refractivity contribution in [3.8, 4) is 0 Å². The number of halogens is 1. The molecule has 0 aliphatic rings. The smallest absolute Gasteiger partial charge is 0.263 e. The lowest BCUT2D eigenvalue weighted by molar-refractivity contribution is 0.589. The zero-order valence-electron chi connectivity index (χ0n) is 7.90. The number of rotatable bonds is 4. The van der Waals surface area contributed by atoms with E-state index in [1.54, 1.807) is 12.1 Å². The summed E-state index contributed by atoms with van der Waals surface area (Å²) < 4.78 is 25.7. The van der Waals surface area contributed by atoms with Crippen LogP contribution in [0.2, 0.25) is 5.02 Å². The van der Waals surface area contributed by atoms with Crippen LogP contribution in [-0.2, 0) is 10.0 Å². The Balaban J connectivity index is 3.12. The standard InChI is InChI=1S/C10H10ClNO2S/c1-3-8(2)12-15(13,14)10-7-5-4-6-9(10)11/h3-7,12H,1-2H2. The normalized spacial score (nSPS) is 10.7. The summed E-state index contributed by atoms with van der Waals surface area (Å²) in [5, 5.41) is 0.168. The fourth-order valence-corrected chi connectivity index (χ4v) is 2.49. The first-order chi connectivity index (χ1) is 6.97. The molecule has 0 atom stereocenters. The van der Waals surface area contributed by atoms with E-state index in [9.17, 15) is 8.42 Å². The summed E-state index contributed by atoms with van der Waals surface area (Å²) in [5.74, 6) is 0. The van der Waals surface area contributed by atoms with Crippen LogP contribution in [0.3, 0.4) is 0 Å². The van der Waals surface area contributed by atoms with Crippen molar-refractivity contribution >= 4 is 21.6 Å². The maximum absolute atomic E-state index is 11.7. The molecular weight excluding hydrogens is 234 g/mol. The SMILES string of the molecule is C=CC(=C)NS(=O)(=O)c1ccccc1Cl. The van der Waals surface area contributed by atoms with E-state index in [1.807, 2.05) is 0 Å². The molecule has 1 aromatic rings. The quantitative estimate of drug-likeness (QED) is 0.825. The van der Waals surface area contributed by atoms with Crippen molar-refractivity contribution in [2.24, 2.45) is 0 Å². The summed E-state index contributed by atoms with van der Waals surface area (Å²) in [5.41, 5.74) is 0.204. The number of benzene rings is 1. The van der Waals surface area contributed by atoms with Crippen molar-refractivity contribution in [3.05, 3.63) is 54.2 Å². The van der Waals surface area contributed by atoms with Gasteiger partial charge in [0.2, 0.25) is 0 Å². The van der Waals surface area contributed by atoms with E-state index in [-0.39, 0.29) is 15.6 Å². The minimum atomic E-state index is -3.66. The number of allylic oxidation sites excluding steroid dienone is 1. The fourth-order valence-electron chi connectivity index (χ4n) is 0.932. The van der Waals surface area contributed by atoms with Gasteiger partial charge in [-0.25, -0.2) is 8.42 Å². The average Bonchev–Trinajstić information content (AvgIpc) is 2.17. The van der Waals surface area contributed by atoms with Gasteiger partial charge in [0.15, 0.2) is 0 Å². The molecule has 0 aliphatic carbocycles. The van der Waals surface area contributed by atoms with Crippen molar-refractivity contribution < 1.29 is 8.42 Å². The molecule has 0 aliphatic heterocycles. The van der Waals surface area contributed by atoms with Gasteiger partial charge in [0.05, 0.1) is 5.02 Å². The van der Waals surface area contributed by atoms with Gasteiger partial charge in [0.25, 0.3) is 10.0 Å². The summed E-state index contributed by atoms with van der Waals surface area (Å²) in [6.45, 7) is 6.86. The Labute approximate surface area is 94.1 Å². The summed E-state index contributed by atoms with van der Waals surface area (Å²) in [4.78, 5) is 0.0228. The predicted molar refractivity (Wildman–Crippen MR) is 61.1 cm³/mol. The number of sulfonamides is 1. The molecule has 15 heavy (non-hydrogen) atoms. The van der Waals surface area contributed by atoms with Gasteiger partial charge < -0.3 is 0 Å². The molecule has 0 saturated carbocycles. The first-order valence-corrected chi connectivity index (χ1v) is 5.92. The van der Waals surface area contributed by atoms with Gasteiger partial charge in [0.1, 0.15) is 4.90 Å². The first kappa shape index (κ1) is 11.8. The molecule has 0 radical (unpaired) electrons. The predicted octanol–water partition coefficient (Wildman–Crippen LogP) is 2.32. The minimum Gasteiger partial charge on any atom is -0.280 e. The monoisotopic (exact) mass is 243 g/mol. The lowest BCUT2D eigenvalue weighted by Gasteiger charge is -2.08. The summed E-state index contributed by atoms with van der Waals surface area (Å²) in [6, 6.07) is 6.18. The van der Waals surface area contributed by atoms with Gasteiger partial charge in [-0.15, -0.1) is 0 Å². The van der Waals surface area contributed by atoms with Gasteiger partial charge in [-0.1, -0.05) is 36.9 Å². The number of hydrogen-bond acceptors (Lipinski definition) is 2. The molecule has 0 saturated heterocycles. The van der Waals surface area contributed by atoms with Crippen molar-refractivity contribution in [3.63, 3.8) is 0 Å². The molecule has 0 bridgehead atoms. The second-order valence-corrected chi connectivity index (χ2v) is 4.82. The minimum absolute atomic E-state index is 0.0228. The van der Waals surface area contributed by atoms with Gasteiger partial charge in [0, 0.05) is 5.70 Å². The molecule has 0 aromatic heterocycles. The topological polar surface area (TPSA) is 46.2 Å². The van der Waals surface area contributed by atoms with Gasteiger partial charge in [-0.3, -0.25) is 4.72 Å². The third-order valence-electron chi connectivity index (χ3n) is 1.64. The Bertz CT molecular complexity index is 494. The second kappa shape index (κ2) is 4.51. The Morgan fingerprint density at radius 2 is 2.00 bits per heavy atom. The highest BCUT2D eigenvalue weighted by atomic mass is 35.5. The molecule has 0 amide bonds. The Hall–Kier alpha value is -1.26. The third kappa shape index (κ3) is 2.84. The average molecular weight is 244 g/mol. The lowest BCUT2D eigenvalue weighted by Crippen LogP contribution is -2.21. The van der Waals surface area contributed by atoms with E-state index in [0.29, 0.717) is 0 Å². The Morgan fingerprint density at radius 3 is 2.53 bits per heavy atom. The van der Waals surface area contributed by atoms with Crippen molar-refractivity contribution in [2.75, 3.05) is 0 Å². The molecule has 0 unspecified atom stereocenters. The Kier molecular flexibility index (Phi) is 3.55. The molecular formula is C10H10ClNO2S. The van der Waals surface area contributed by atoms with Crippen molar-refractivity contribution in [2.45, 2.75) is 4.90 Å². The molecule has 1 aromatic carbocycles. The van der Waals surface area contributed by atoms with E-state index in [1.165, 1.54) is 18.2 Å². The van der Waals surface area contributed by atoms with Crippen LogP contribution in [-0.4, -0.2) is 8.42 Å². The van der Waals surface area contributed by atoms with Crippen LogP contribution in [0.1, 0.15) is 0 Å². The lowest BCUT2D eigenvalue weighted by atomic mass is 10.4. The van der Waals surface area contributed by atoms with E-state index in [0.717, 1.165) is 0 Å². The van der Waals surface area contributed by atoms with Gasteiger partial charge in [-0.05, 0) is 18.2 Å².